The lowest BCUT2D eigenvalue weighted by atomic mass is 9.99. The van der Waals surface area contributed by atoms with E-state index >= 15 is 0 Å². The summed E-state index contributed by atoms with van der Waals surface area (Å²) in [5, 5.41) is 10.6. The van der Waals surface area contributed by atoms with Gasteiger partial charge in [0.2, 0.25) is 0 Å². The topological polar surface area (TPSA) is 237 Å². The number of hydrogen-bond donors (Lipinski definition) is 3. The smallest absolute Gasteiger partial charge is 0.462 e. The zero-order valence-corrected chi connectivity index (χ0v) is 66.2. The summed E-state index contributed by atoms with van der Waals surface area (Å²) >= 11 is 0. The molecule has 98 heavy (non-hydrogen) atoms. The molecule has 0 bridgehead atoms. The minimum Gasteiger partial charge on any atom is -0.462 e. The van der Waals surface area contributed by atoms with Gasteiger partial charge >= 0.3 is 39.5 Å². The second-order valence-electron chi connectivity index (χ2n) is 29.9. The van der Waals surface area contributed by atoms with Gasteiger partial charge in [-0.1, -0.05) is 351 Å². The maximum atomic E-state index is 13.1. The molecule has 17 nitrogen and oxygen atoms in total. The van der Waals surface area contributed by atoms with Crippen molar-refractivity contribution >= 4 is 39.5 Å². The van der Waals surface area contributed by atoms with Gasteiger partial charge in [0.1, 0.15) is 19.3 Å². The number of aliphatic hydroxyl groups excluding tert-OH is 1. The van der Waals surface area contributed by atoms with Crippen molar-refractivity contribution in [2.24, 2.45) is 23.7 Å². The number of carbonyl (C=O) groups is 4. The molecule has 0 fully saturated rings. The average molecular weight is 1440 g/mol. The molecule has 7 atom stereocenters. The number of ether oxygens (including phenoxy) is 4. The number of rotatable bonds is 76. The highest BCUT2D eigenvalue weighted by atomic mass is 31.2. The Morgan fingerprint density at radius 2 is 0.490 bits per heavy atom. The lowest BCUT2D eigenvalue weighted by Gasteiger charge is -2.21. The van der Waals surface area contributed by atoms with Crippen molar-refractivity contribution in [2.75, 3.05) is 39.6 Å². The number of aliphatic hydroxyl groups is 1. The molecule has 0 aromatic heterocycles. The first-order chi connectivity index (χ1) is 47.2. The van der Waals surface area contributed by atoms with Gasteiger partial charge in [0, 0.05) is 25.7 Å². The second-order valence-corrected chi connectivity index (χ2v) is 32.8. The predicted molar refractivity (Wildman–Crippen MR) is 400 cm³/mol. The Bertz CT molecular complexity index is 1920. The maximum absolute atomic E-state index is 13.1. The fourth-order valence-electron chi connectivity index (χ4n) is 12.0. The van der Waals surface area contributed by atoms with Gasteiger partial charge in [0.15, 0.2) is 12.2 Å². The van der Waals surface area contributed by atoms with Crippen LogP contribution in [0.5, 0.6) is 0 Å². The van der Waals surface area contributed by atoms with E-state index in [2.05, 4.69) is 55.4 Å². The van der Waals surface area contributed by atoms with E-state index in [1.807, 2.05) is 0 Å². The van der Waals surface area contributed by atoms with E-state index in [0.717, 1.165) is 114 Å². The fourth-order valence-corrected chi connectivity index (χ4v) is 13.6. The normalized spacial score (nSPS) is 14.6. The molecule has 582 valence electrons. The molecule has 3 N–H and O–H groups in total. The molecule has 0 aliphatic rings. The van der Waals surface area contributed by atoms with Gasteiger partial charge in [-0.25, -0.2) is 9.13 Å². The van der Waals surface area contributed by atoms with Crippen LogP contribution in [0.2, 0.25) is 0 Å². The van der Waals surface area contributed by atoms with E-state index in [1.165, 1.54) is 199 Å². The van der Waals surface area contributed by atoms with Crippen molar-refractivity contribution in [1.29, 1.82) is 0 Å². The summed E-state index contributed by atoms with van der Waals surface area (Å²) < 4.78 is 68.6. The Hall–Kier alpha value is -1.94. The van der Waals surface area contributed by atoms with Crippen LogP contribution >= 0.6 is 15.6 Å². The lowest BCUT2D eigenvalue weighted by Crippen LogP contribution is -2.30. The van der Waals surface area contributed by atoms with Crippen LogP contribution in [0.1, 0.15) is 402 Å². The van der Waals surface area contributed by atoms with Crippen molar-refractivity contribution in [2.45, 2.75) is 420 Å². The van der Waals surface area contributed by atoms with Gasteiger partial charge < -0.3 is 33.8 Å². The monoisotopic (exact) mass is 1440 g/mol. The van der Waals surface area contributed by atoms with Crippen LogP contribution in [-0.4, -0.2) is 96.7 Å². The van der Waals surface area contributed by atoms with Gasteiger partial charge in [-0.3, -0.25) is 37.3 Å². The third kappa shape index (κ3) is 69.8. The zero-order chi connectivity index (χ0) is 72.4. The lowest BCUT2D eigenvalue weighted by molar-refractivity contribution is -0.161. The minimum absolute atomic E-state index is 0.103. The summed E-state index contributed by atoms with van der Waals surface area (Å²) in [4.78, 5) is 72.8. The minimum atomic E-state index is -4.96. The Morgan fingerprint density at radius 1 is 0.286 bits per heavy atom. The molecule has 19 heteroatoms. The summed E-state index contributed by atoms with van der Waals surface area (Å²) in [7, 11) is -9.92. The number of hydrogen-bond acceptors (Lipinski definition) is 15. The van der Waals surface area contributed by atoms with Crippen molar-refractivity contribution in [3.8, 4) is 0 Å². The van der Waals surface area contributed by atoms with Crippen LogP contribution in [0.25, 0.3) is 0 Å². The van der Waals surface area contributed by atoms with E-state index in [4.69, 9.17) is 37.0 Å². The molecular formula is C79H154O17P2. The van der Waals surface area contributed by atoms with Crippen molar-refractivity contribution in [1.82, 2.24) is 0 Å². The average Bonchev–Trinajstić information content (AvgIpc) is 1.18. The standard InChI is InChI=1S/C79H154O17P2/c1-9-71(7)57-49-41-33-27-23-19-15-13-11-12-14-16-20-25-29-35-45-53-61-78(83)95-75(66-90-77(82)60-52-44-38-37-42-50-58-72(8)10-2)68-94-98(87,88)92-64-73(80)63-91-97(85,86)93-67-74(96-79(84)62-54-46-36-30-32-40-48-56-70(5)6)65-89-76(81)59-51-43-34-28-24-21-17-18-22-26-31-39-47-55-69(3)4/h69-75,80H,9-68H2,1-8H3,(H,85,86)(H,87,88)/t71?,72?,73-,74-,75-/m1/s1. The van der Waals surface area contributed by atoms with Crippen LogP contribution in [0.15, 0.2) is 0 Å². The number of unbranched alkanes of at least 4 members (excludes halogenated alkanes) is 40. The van der Waals surface area contributed by atoms with Crippen LogP contribution in [0.3, 0.4) is 0 Å². The SMILES string of the molecule is CCC(C)CCCCCCCCCCCCCCCCCCCCC(=O)O[C@H](COC(=O)CCCCCCCCC(C)CC)COP(=O)(O)OC[C@H](O)COP(=O)(O)OC[C@@H](COC(=O)CCCCCCCCCCCCCCCC(C)C)OC(=O)CCCCCCCCCC(C)C. The summed E-state index contributed by atoms with van der Waals surface area (Å²) in [6, 6.07) is 0. The van der Waals surface area contributed by atoms with E-state index < -0.39 is 97.5 Å². The number of phosphoric acid groups is 2. The first-order valence-electron chi connectivity index (χ1n) is 40.8. The number of esters is 4. The van der Waals surface area contributed by atoms with E-state index in [-0.39, 0.29) is 25.7 Å². The highest BCUT2D eigenvalue weighted by Crippen LogP contribution is 2.45. The zero-order valence-electron chi connectivity index (χ0n) is 64.4. The summed E-state index contributed by atoms with van der Waals surface area (Å²) in [5.41, 5.74) is 0. The molecule has 0 aromatic rings. The Labute approximate surface area is 600 Å². The molecule has 0 aliphatic carbocycles. The quantitative estimate of drug-likeness (QED) is 0.0222. The van der Waals surface area contributed by atoms with Crippen molar-refractivity contribution in [3.63, 3.8) is 0 Å². The van der Waals surface area contributed by atoms with Crippen LogP contribution < -0.4 is 0 Å². The summed E-state index contributed by atoms with van der Waals surface area (Å²) in [5.74, 6) is 0.967. The molecule has 0 saturated heterocycles. The van der Waals surface area contributed by atoms with Gasteiger partial charge in [-0.15, -0.1) is 0 Å². The molecular weight excluding hydrogens is 1280 g/mol. The molecule has 0 heterocycles. The molecule has 0 aromatic carbocycles. The van der Waals surface area contributed by atoms with Gasteiger partial charge in [0.05, 0.1) is 26.4 Å². The van der Waals surface area contributed by atoms with Gasteiger partial charge in [-0.05, 0) is 49.4 Å². The summed E-state index contributed by atoms with van der Waals surface area (Å²) in [6.45, 7) is 14.2. The Balaban J connectivity index is 5.15. The molecule has 0 spiro atoms. The van der Waals surface area contributed by atoms with Gasteiger partial charge in [-0.2, -0.15) is 0 Å². The summed E-state index contributed by atoms with van der Waals surface area (Å²) in [6.07, 6.45) is 54.3. The molecule has 0 rings (SSSR count). The Kier molecular flexibility index (Phi) is 66.8. The maximum Gasteiger partial charge on any atom is 0.472 e. The number of phosphoric ester groups is 2. The highest BCUT2D eigenvalue weighted by molar-refractivity contribution is 7.47. The van der Waals surface area contributed by atoms with E-state index in [1.54, 1.807) is 0 Å². The third-order valence-corrected chi connectivity index (χ3v) is 20.9. The van der Waals surface area contributed by atoms with Crippen LogP contribution in [0.4, 0.5) is 0 Å². The molecule has 0 saturated carbocycles. The largest absolute Gasteiger partial charge is 0.472 e. The molecule has 4 unspecified atom stereocenters. The van der Waals surface area contributed by atoms with Crippen LogP contribution in [0, 0.1) is 23.7 Å². The second kappa shape index (κ2) is 68.2. The fraction of sp³-hybridized carbons (Fsp3) is 0.949. The van der Waals surface area contributed by atoms with Crippen LogP contribution in [-0.2, 0) is 65.4 Å². The molecule has 0 aliphatic heterocycles. The molecule has 0 amide bonds. The predicted octanol–water partition coefficient (Wildman–Crippen LogP) is 23.2. The highest BCUT2D eigenvalue weighted by Gasteiger charge is 2.30. The first-order valence-corrected chi connectivity index (χ1v) is 43.8. The van der Waals surface area contributed by atoms with Crippen molar-refractivity contribution < 1.29 is 80.2 Å². The van der Waals surface area contributed by atoms with Gasteiger partial charge in [0.25, 0.3) is 0 Å². The number of carbonyl (C=O) groups excluding carboxylic acids is 4. The molecule has 0 radical (unpaired) electrons. The van der Waals surface area contributed by atoms with Crippen molar-refractivity contribution in [3.05, 3.63) is 0 Å². The van der Waals surface area contributed by atoms with E-state index in [0.29, 0.717) is 31.6 Å². The first kappa shape index (κ1) is 96.1. The Morgan fingerprint density at radius 3 is 0.724 bits per heavy atom. The van der Waals surface area contributed by atoms with E-state index in [9.17, 15) is 43.2 Å². The third-order valence-electron chi connectivity index (χ3n) is 19.0.